The number of esters is 1. The van der Waals surface area contributed by atoms with Crippen molar-refractivity contribution in [2.45, 2.75) is 26.9 Å². The molecule has 0 radical (unpaired) electrons. The highest BCUT2D eigenvalue weighted by atomic mass is 35.5. The Hall–Kier alpha value is -1.30. The number of para-hydroxylation sites is 1. The first-order chi connectivity index (χ1) is 8.72. The zero-order chi connectivity index (χ0) is 13.1. The number of imidazole rings is 1. The van der Waals surface area contributed by atoms with E-state index in [2.05, 4.69) is 4.98 Å². The normalized spacial score (nSPS) is 9.75. The van der Waals surface area contributed by atoms with Gasteiger partial charge in [-0.1, -0.05) is 6.07 Å². The molecule has 1 aromatic heterocycles. The second-order valence-electron chi connectivity index (χ2n) is 3.87. The Morgan fingerprint density at radius 3 is 2.60 bits per heavy atom. The van der Waals surface area contributed by atoms with Crippen molar-refractivity contribution < 1.29 is 9.53 Å². The quantitative estimate of drug-likeness (QED) is 0.879. The van der Waals surface area contributed by atoms with Crippen LogP contribution in [0, 0.1) is 0 Å². The van der Waals surface area contributed by atoms with Crippen LogP contribution in [0.25, 0.3) is 11.0 Å². The van der Waals surface area contributed by atoms with Crippen LogP contribution < -0.4 is 5.73 Å². The number of carbonyl (C=O) groups excluding carboxylic acids is 1. The number of halogens is 2. The van der Waals surface area contributed by atoms with E-state index in [0.29, 0.717) is 18.7 Å². The number of ether oxygens (including phenoxy) is 1. The van der Waals surface area contributed by atoms with Gasteiger partial charge in [0.15, 0.2) is 0 Å². The molecule has 2 N–H and O–H groups in total. The third-order valence-electron chi connectivity index (χ3n) is 2.84. The van der Waals surface area contributed by atoms with Crippen LogP contribution in [0.3, 0.4) is 0 Å². The van der Waals surface area contributed by atoms with Crippen molar-refractivity contribution in [1.29, 1.82) is 0 Å². The molecular formula is C13H19Cl2N3O2. The molecule has 0 bridgehead atoms. The van der Waals surface area contributed by atoms with Gasteiger partial charge in [0, 0.05) is 6.54 Å². The number of hydrogen-bond donors (Lipinski definition) is 1. The number of nitrogens with two attached hydrogens (primary N) is 1. The van der Waals surface area contributed by atoms with E-state index in [-0.39, 0.29) is 30.8 Å². The first kappa shape index (κ1) is 18.7. The van der Waals surface area contributed by atoms with Crippen molar-refractivity contribution in [1.82, 2.24) is 9.55 Å². The summed E-state index contributed by atoms with van der Waals surface area (Å²) in [5, 5.41) is 0. The Labute approximate surface area is 130 Å². The number of hydrogen-bond acceptors (Lipinski definition) is 4. The molecule has 1 aromatic carbocycles. The van der Waals surface area contributed by atoms with Gasteiger partial charge >= 0.3 is 5.97 Å². The van der Waals surface area contributed by atoms with E-state index in [4.69, 9.17) is 10.5 Å². The summed E-state index contributed by atoms with van der Waals surface area (Å²) in [6.07, 6.45) is 0. The highest BCUT2D eigenvalue weighted by molar-refractivity contribution is 6.02. The molecule has 1 heterocycles. The van der Waals surface area contributed by atoms with Crippen LogP contribution in [0.1, 0.15) is 30.0 Å². The van der Waals surface area contributed by atoms with Gasteiger partial charge in [0.25, 0.3) is 0 Å². The second kappa shape index (κ2) is 8.09. The van der Waals surface area contributed by atoms with E-state index in [0.717, 1.165) is 23.4 Å². The summed E-state index contributed by atoms with van der Waals surface area (Å²) < 4.78 is 7.03. The predicted molar refractivity (Wildman–Crippen MR) is 83.8 cm³/mol. The van der Waals surface area contributed by atoms with E-state index in [9.17, 15) is 4.79 Å². The number of carbonyl (C=O) groups is 1. The number of aryl methyl sites for hydroxylation is 1. The fraction of sp³-hybridized carbons (Fsp3) is 0.385. The lowest BCUT2D eigenvalue weighted by molar-refractivity contribution is 0.0528. The standard InChI is InChI=1S/C13H17N3O2.2ClH/c1-3-16-11(8-14)15-10-7-5-6-9(12(10)16)13(17)18-4-2;;/h5-7H,3-4,8,14H2,1-2H3;2*1H. The molecule has 0 aliphatic rings. The Bertz CT molecular complexity index is 584. The molecule has 0 saturated heterocycles. The number of aromatic nitrogens is 2. The molecule has 0 aliphatic carbocycles. The van der Waals surface area contributed by atoms with Crippen LogP contribution in [0.15, 0.2) is 18.2 Å². The van der Waals surface area contributed by atoms with E-state index in [1.807, 2.05) is 23.6 Å². The summed E-state index contributed by atoms with van der Waals surface area (Å²) in [5.41, 5.74) is 7.81. The molecule has 5 nitrogen and oxygen atoms in total. The average molecular weight is 320 g/mol. The van der Waals surface area contributed by atoms with Crippen LogP contribution >= 0.6 is 24.8 Å². The maximum atomic E-state index is 11.9. The molecule has 0 spiro atoms. The smallest absolute Gasteiger partial charge is 0.340 e. The third-order valence-corrected chi connectivity index (χ3v) is 2.84. The number of nitrogens with zero attached hydrogens (tertiary/aromatic N) is 2. The summed E-state index contributed by atoms with van der Waals surface area (Å²) in [4.78, 5) is 16.4. The summed E-state index contributed by atoms with van der Waals surface area (Å²) in [6.45, 7) is 5.23. The minimum Gasteiger partial charge on any atom is -0.462 e. The lowest BCUT2D eigenvalue weighted by atomic mass is 10.2. The Kier molecular flexibility index (Phi) is 7.57. The highest BCUT2D eigenvalue weighted by Crippen LogP contribution is 2.21. The van der Waals surface area contributed by atoms with Crippen molar-refractivity contribution in [3.8, 4) is 0 Å². The number of fused-ring (bicyclic) bond motifs is 1. The molecule has 0 aliphatic heterocycles. The zero-order valence-corrected chi connectivity index (χ0v) is 13.1. The summed E-state index contributed by atoms with van der Waals surface area (Å²) in [6, 6.07) is 5.44. The molecule has 0 atom stereocenters. The van der Waals surface area contributed by atoms with Crippen LogP contribution in [0.5, 0.6) is 0 Å². The van der Waals surface area contributed by atoms with Crippen molar-refractivity contribution in [3.05, 3.63) is 29.6 Å². The molecule has 2 rings (SSSR count). The van der Waals surface area contributed by atoms with Crippen molar-refractivity contribution in [2.24, 2.45) is 5.73 Å². The zero-order valence-electron chi connectivity index (χ0n) is 11.5. The maximum Gasteiger partial charge on any atom is 0.340 e. The first-order valence-electron chi connectivity index (χ1n) is 6.08. The fourth-order valence-corrected chi connectivity index (χ4v) is 2.10. The van der Waals surface area contributed by atoms with E-state index < -0.39 is 0 Å². The van der Waals surface area contributed by atoms with Gasteiger partial charge < -0.3 is 15.0 Å². The fourth-order valence-electron chi connectivity index (χ4n) is 2.10. The molecule has 0 amide bonds. The summed E-state index contributed by atoms with van der Waals surface area (Å²) in [7, 11) is 0. The Balaban J connectivity index is 0.00000180. The van der Waals surface area contributed by atoms with Gasteiger partial charge in [-0.05, 0) is 26.0 Å². The molecule has 7 heteroatoms. The predicted octanol–water partition coefficient (Wildman–Crippen LogP) is 2.54. The summed E-state index contributed by atoms with van der Waals surface area (Å²) >= 11 is 0. The molecule has 0 saturated carbocycles. The topological polar surface area (TPSA) is 70.1 Å². The minimum atomic E-state index is -0.318. The molecule has 20 heavy (non-hydrogen) atoms. The van der Waals surface area contributed by atoms with Gasteiger partial charge in [0.1, 0.15) is 5.82 Å². The molecule has 0 unspecified atom stereocenters. The SMILES string of the molecule is CCOC(=O)c1cccc2nc(CN)n(CC)c12.Cl.Cl. The average Bonchev–Trinajstić information content (AvgIpc) is 2.76. The Morgan fingerprint density at radius 2 is 2.05 bits per heavy atom. The van der Waals surface area contributed by atoms with Gasteiger partial charge in [0.2, 0.25) is 0 Å². The molecule has 0 fully saturated rings. The van der Waals surface area contributed by atoms with Crippen molar-refractivity contribution in [3.63, 3.8) is 0 Å². The second-order valence-corrected chi connectivity index (χ2v) is 3.87. The first-order valence-corrected chi connectivity index (χ1v) is 6.08. The molecule has 2 aromatic rings. The van der Waals surface area contributed by atoms with E-state index in [1.165, 1.54) is 0 Å². The van der Waals surface area contributed by atoms with Gasteiger partial charge in [-0.3, -0.25) is 0 Å². The van der Waals surface area contributed by atoms with Gasteiger partial charge in [-0.15, -0.1) is 24.8 Å². The minimum absolute atomic E-state index is 0. The maximum absolute atomic E-state index is 11.9. The van der Waals surface area contributed by atoms with E-state index in [1.54, 1.807) is 13.0 Å². The molecular weight excluding hydrogens is 301 g/mol. The van der Waals surface area contributed by atoms with Crippen molar-refractivity contribution in [2.75, 3.05) is 6.61 Å². The lowest BCUT2D eigenvalue weighted by Crippen LogP contribution is -2.10. The Morgan fingerprint density at radius 1 is 1.35 bits per heavy atom. The van der Waals surface area contributed by atoms with Gasteiger partial charge in [-0.25, -0.2) is 9.78 Å². The van der Waals surface area contributed by atoms with Gasteiger partial charge in [-0.2, -0.15) is 0 Å². The van der Waals surface area contributed by atoms with E-state index >= 15 is 0 Å². The summed E-state index contributed by atoms with van der Waals surface area (Å²) in [5.74, 6) is 0.463. The van der Waals surface area contributed by atoms with Crippen LogP contribution in [0.2, 0.25) is 0 Å². The van der Waals surface area contributed by atoms with Crippen molar-refractivity contribution >= 4 is 41.8 Å². The van der Waals surface area contributed by atoms with Gasteiger partial charge in [0.05, 0.1) is 29.7 Å². The van der Waals surface area contributed by atoms with Crippen LogP contribution in [-0.4, -0.2) is 22.1 Å². The number of rotatable bonds is 4. The lowest BCUT2D eigenvalue weighted by Gasteiger charge is -2.08. The molecule has 112 valence electrons. The third kappa shape index (κ3) is 3.23. The number of benzene rings is 1. The highest BCUT2D eigenvalue weighted by Gasteiger charge is 2.17. The van der Waals surface area contributed by atoms with Crippen LogP contribution in [0.4, 0.5) is 0 Å². The monoisotopic (exact) mass is 319 g/mol. The van der Waals surface area contributed by atoms with Crippen LogP contribution in [-0.2, 0) is 17.8 Å². The largest absolute Gasteiger partial charge is 0.462 e.